The van der Waals surface area contributed by atoms with E-state index in [9.17, 15) is 9.35 Å². The summed E-state index contributed by atoms with van der Waals surface area (Å²) in [5.74, 6) is 0. The van der Waals surface area contributed by atoms with Crippen molar-refractivity contribution in [3.63, 3.8) is 0 Å². The summed E-state index contributed by atoms with van der Waals surface area (Å²) >= 11 is -1.46. The van der Waals surface area contributed by atoms with Gasteiger partial charge in [-0.1, -0.05) is 24.3 Å². The first-order valence-corrected chi connectivity index (χ1v) is 5.56. The van der Waals surface area contributed by atoms with Crippen molar-refractivity contribution in [3.05, 3.63) is 42.5 Å². The molecule has 1 unspecified atom stereocenters. The second-order valence-electron chi connectivity index (χ2n) is 3.01. The first kappa shape index (κ1) is 10.0. The minimum Gasteiger partial charge on any atom is -0.588 e. The third-order valence-corrected chi connectivity index (χ3v) is 3.08. The van der Waals surface area contributed by atoms with Crippen molar-refractivity contribution in [3.8, 4) is 0 Å². The maximum atomic E-state index is 11.5. The minimum atomic E-state index is -1.46. The predicted molar refractivity (Wildman–Crippen MR) is 59.6 cm³/mol. The van der Waals surface area contributed by atoms with E-state index in [4.69, 9.17) is 0 Å². The molecular formula is C11H9NO2S. The van der Waals surface area contributed by atoms with Gasteiger partial charge in [0.1, 0.15) is 11.4 Å². The smallest absolute Gasteiger partial charge is 0.249 e. The van der Waals surface area contributed by atoms with Crippen LogP contribution in [0.15, 0.2) is 47.4 Å². The molecule has 0 spiro atoms. The average molecular weight is 219 g/mol. The van der Waals surface area contributed by atoms with Gasteiger partial charge in [-0.3, -0.25) is 4.79 Å². The number of nitrogens with one attached hydrogen (secondary N) is 1. The molecule has 4 heteroatoms. The van der Waals surface area contributed by atoms with Gasteiger partial charge in [0, 0.05) is 6.07 Å². The van der Waals surface area contributed by atoms with E-state index in [2.05, 4.69) is 4.72 Å². The van der Waals surface area contributed by atoms with Gasteiger partial charge in [-0.15, -0.1) is 0 Å². The molecule has 0 radical (unpaired) electrons. The average Bonchev–Trinajstić information content (AvgIpc) is 2.29. The number of amides is 1. The molecule has 0 saturated carbocycles. The molecule has 0 aliphatic carbocycles. The molecule has 3 nitrogen and oxygen atoms in total. The highest BCUT2D eigenvalue weighted by atomic mass is 32.2. The molecule has 1 amide bonds. The topological polar surface area (TPSA) is 52.2 Å². The van der Waals surface area contributed by atoms with Crippen LogP contribution in [-0.2, 0) is 16.2 Å². The van der Waals surface area contributed by atoms with Crippen LogP contribution in [-0.4, -0.2) is 11.0 Å². The molecular weight excluding hydrogens is 210 g/mol. The molecule has 76 valence electrons. The van der Waals surface area contributed by atoms with Crippen molar-refractivity contribution in [1.29, 1.82) is 0 Å². The van der Waals surface area contributed by atoms with Gasteiger partial charge in [-0.05, 0) is 22.9 Å². The predicted octanol–water partition coefficient (Wildman–Crippen LogP) is 1.61. The highest BCUT2D eigenvalue weighted by molar-refractivity contribution is 7.90. The molecule has 2 aromatic rings. The highest BCUT2D eigenvalue weighted by Gasteiger charge is 2.09. The SMILES string of the molecule is O=CN[S+]([O-])c1ccc2ccccc2c1. The Kier molecular flexibility index (Phi) is 2.89. The second-order valence-corrected chi connectivity index (χ2v) is 4.26. The molecule has 2 aromatic carbocycles. The normalized spacial score (nSPS) is 12.3. The summed E-state index contributed by atoms with van der Waals surface area (Å²) < 4.78 is 13.7. The van der Waals surface area contributed by atoms with Crippen molar-refractivity contribution >= 4 is 28.5 Å². The molecule has 0 bridgehead atoms. The van der Waals surface area contributed by atoms with Crippen LogP contribution in [0.4, 0.5) is 0 Å². The summed E-state index contributed by atoms with van der Waals surface area (Å²) in [6, 6.07) is 13.2. The van der Waals surface area contributed by atoms with Crippen molar-refractivity contribution < 1.29 is 9.35 Å². The van der Waals surface area contributed by atoms with Gasteiger partial charge in [0.2, 0.25) is 6.41 Å². The van der Waals surface area contributed by atoms with Gasteiger partial charge in [0.15, 0.2) is 4.90 Å². The Labute approximate surface area is 90.4 Å². The molecule has 0 aliphatic heterocycles. The minimum absolute atomic E-state index is 0.436. The Morgan fingerprint density at radius 1 is 1.13 bits per heavy atom. The number of carbonyl (C=O) groups excluding carboxylic acids is 1. The van der Waals surface area contributed by atoms with Crippen LogP contribution in [0.5, 0.6) is 0 Å². The molecule has 1 N–H and O–H groups in total. The number of benzene rings is 2. The number of fused-ring (bicyclic) bond motifs is 1. The Balaban J connectivity index is 2.42. The van der Waals surface area contributed by atoms with Crippen LogP contribution >= 0.6 is 0 Å². The van der Waals surface area contributed by atoms with Gasteiger partial charge in [0.25, 0.3) is 0 Å². The van der Waals surface area contributed by atoms with E-state index in [1.807, 2.05) is 36.4 Å². The zero-order valence-corrected chi connectivity index (χ0v) is 8.66. The molecule has 15 heavy (non-hydrogen) atoms. The highest BCUT2D eigenvalue weighted by Crippen LogP contribution is 2.18. The number of hydrogen-bond acceptors (Lipinski definition) is 2. The van der Waals surface area contributed by atoms with Crippen molar-refractivity contribution in [2.45, 2.75) is 4.90 Å². The van der Waals surface area contributed by atoms with E-state index < -0.39 is 11.4 Å². The number of rotatable bonds is 3. The van der Waals surface area contributed by atoms with Gasteiger partial charge < -0.3 is 4.55 Å². The Morgan fingerprint density at radius 3 is 2.60 bits per heavy atom. The molecule has 0 saturated heterocycles. The van der Waals surface area contributed by atoms with Crippen LogP contribution in [0.3, 0.4) is 0 Å². The van der Waals surface area contributed by atoms with E-state index in [0.717, 1.165) is 10.8 Å². The largest absolute Gasteiger partial charge is 0.588 e. The lowest BCUT2D eigenvalue weighted by Gasteiger charge is -2.07. The lowest BCUT2D eigenvalue weighted by Crippen LogP contribution is -2.21. The maximum absolute atomic E-state index is 11.5. The summed E-state index contributed by atoms with van der Waals surface area (Å²) in [5, 5.41) is 2.10. The second kappa shape index (κ2) is 4.33. The van der Waals surface area contributed by atoms with E-state index in [1.54, 1.807) is 6.07 Å². The third kappa shape index (κ3) is 2.11. The Bertz CT molecular complexity index is 487. The molecule has 0 aliphatic rings. The first-order chi connectivity index (χ1) is 7.31. The molecule has 1 atom stereocenters. The van der Waals surface area contributed by atoms with E-state index in [0.29, 0.717) is 11.3 Å². The van der Waals surface area contributed by atoms with Gasteiger partial charge in [0.05, 0.1) is 0 Å². The van der Waals surface area contributed by atoms with E-state index in [1.165, 1.54) is 0 Å². The Hall–Kier alpha value is -1.52. The van der Waals surface area contributed by atoms with Crippen LogP contribution in [0.2, 0.25) is 0 Å². The fourth-order valence-electron chi connectivity index (χ4n) is 1.39. The fourth-order valence-corrected chi connectivity index (χ4v) is 2.04. The van der Waals surface area contributed by atoms with Crippen molar-refractivity contribution in [2.75, 3.05) is 0 Å². The van der Waals surface area contributed by atoms with Crippen molar-refractivity contribution in [2.24, 2.45) is 0 Å². The van der Waals surface area contributed by atoms with Gasteiger partial charge in [-0.2, -0.15) is 4.72 Å². The number of hydrogen-bond donors (Lipinski definition) is 1. The summed E-state index contributed by atoms with van der Waals surface area (Å²) in [6.07, 6.45) is 0.436. The maximum Gasteiger partial charge on any atom is 0.249 e. The zero-order valence-electron chi connectivity index (χ0n) is 7.84. The van der Waals surface area contributed by atoms with Gasteiger partial charge in [-0.25, -0.2) is 0 Å². The monoisotopic (exact) mass is 219 g/mol. The molecule has 0 fully saturated rings. The molecule has 2 rings (SSSR count). The quantitative estimate of drug-likeness (QED) is 0.629. The summed E-state index contributed by atoms with van der Waals surface area (Å²) in [7, 11) is 0. The number of carbonyl (C=O) groups is 1. The van der Waals surface area contributed by atoms with Gasteiger partial charge >= 0.3 is 0 Å². The summed E-state index contributed by atoms with van der Waals surface area (Å²) in [5.41, 5.74) is 0. The van der Waals surface area contributed by atoms with Crippen LogP contribution in [0.1, 0.15) is 0 Å². The van der Waals surface area contributed by atoms with E-state index in [-0.39, 0.29) is 0 Å². The summed E-state index contributed by atoms with van der Waals surface area (Å²) in [6.45, 7) is 0. The van der Waals surface area contributed by atoms with Crippen LogP contribution in [0, 0.1) is 0 Å². The van der Waals surface area contributed by atoms with Crippen LogP contribution in [0.25, 0.3) is 10.8 Å². The van der Waals surface area contributed by atoms with Crippen LogP contribution < -0.4 is 4.72 Å². The molecule has 0 heterocycles. The summed E-state index contributed by atoms with van der Waals surface area (Å²) in [4.78, 5) is 10.7. The van der Waals surface area contributed by atoms with Crippen molar-refractivity contribution in [1.82, 2.24) is 4.72 Å². The van der Waals surface area contributed by atoms with E-state index >= 15 is 0 Å². The first-order valence-electron chi connectivity index (χ1n) is 4.41. The zero-order chi connectivity index (χ0) is 10.7. The lowest BCUT2D eigenvalue weighted by molar-refractivity contribution is -0.108. The fraction of sp³-hybridized carbons (Fsp3) is 0. The Morgan fingerprint density at radius 2 is 1.87 bits per heavy atom. The standard InChI is InChI=1S/C11H9NO2S/c13-8-12-15(14)11-6-5-9-3-1-2-4-10(9)7-11/h1-8H,(H,12,13). The molecule has 0 aromatic heterocycles. The third-order valence-electron chi connectivity index (χ3n) is 2.09. The lowest BCUT2D eigenvalue weighted by atomic mass is 10.1.